The number of carbonyl (C=O) groups is 1. The van der Waals surface area contributed by atoms with E-state index in [1.54, 1.807) is 25.1 Å². The summed E-state index contributed by atoms with van der Waals surface area (Å²) in [4.78, 5) is 12.2. The van der Waals surface area contributed by atoms with Gasteiger partial charge in [-0.15, -0.1) is 0 Å². The molecule has 0 aliphatic heterocycles. The van der Waals surface area contributed by atoms with E-state index in [-0.39, 0.29) is 17.8 Å². The average Bonchev–Trinajstić information content (AvgIpc) is 2.86. The third kappa shape index (κ3) is 7.15. The summed E-state index contributed by atoms with van der Waals surface area (Å²) < 4.78 is 44.0. The fourth-order valence-corrected chi connectivity index (χ4v) is 4.74. The van der Waals surface area contributed by atoms with Gasteiger partial charge in [0.05, 0.1) is 24.5 Å². The number of rotatable bonds is 11. The molecule has 0 aliphatic rings. The van der Waals surface area contributed by atoms with Crippen LogP contribution >= 0.6 is 0 Å². The predicted molar refractivity (Wildman–Crippen MR) is 136 cm³/mol. The number of carbonyl (C=O) groups excluding carboxylic acids is 1. The minimum atomic E-state index is -1.34. The number of halogens is 1. The first-order chi connectivity index (χ1) is 16.8. The van der Waals surface area contributed by atoms with Crippen LogP contribution < -0.4 is 9.47 Å². The number of benzene rings is 3. The third-order valence-electron chi connectivity index (χ3n) is 5.38. The highest BCUT2D eigenvalue weighted by Crippen LogP contribution is 2.33. The normalized spacial score (nSPS) is 11.8. The van der Waals surface area contributed by atoms with Gasteiger partial charge in [-0.2, -0.15) is 0 Å². The van der Waals surface area contributed by atoms with Gasteiger partial charge < -0.3 is 14.2 Å². The van der Waals surface area contributed by atoms with Crippen molar-refractivity contribution < 1.29 is 27.6 Å². The molecule has 0 aromatic heterocycles. The Morgan fingerprint density at radius 2 is 1.77 bits per heavy atom. The number of methoxy groups -OCH3 is 1. The lowest BCUT2D eigenvalue weighted by Crippen LogP contribution is -2.09. The van der Waals surface area contributed by atoms with Gasteiger partial charge in [0.2, 0.25) is 0 Å². The van der Waals surface area contributed by atoms with Crippen molar-refractivity contribution in [2.75, 3.05) is 13.7 Å². The topological polar surface area (TPSA) is 61.8 Å². The van der Waals surface area contributed by atoms with Gasteiger partial charge in [-0.05, 0) is 60.9 Å². The Hall–Kier alpha value is -3.19. The van der Waals surface area contributed by atoms with E-state index in [1.807, 2.05) is 50.2 Å². The molecule has 0 radical (unpaired) electrons. The highest BCUT2D eigenvalue weighted by Gasteiger charge is 2.18. The van der Waals surface area contributed by atoms with Crippen LogP contribution in [-0.2, 0) is 33.4 Å². The Morgan fingerprint density at radius 3 is 2.49 bits per heavy atom. The summed E-state index contributed by atoms with van der Waals surface area (Å²) in [7, 11) is 0.182. The fourth-order valence-electron chi connectivity index (χ4n) is 3.57. The lowest BCUT2D eigenvalue weighted by molar-refractivity contribution is -0.143. The second kappa shape index (κ2) is 12.5. The van der Waals surface area contributed by atoms with Crippen LogP contribution in [0.25, 0.3) is 11.1 Å². The predicted octanol–water partition coefficient (Wildman–Crippen LogP) is 6.09. The van der Waals surface area contributed by atoms with E-state index in [1.165, 1.54) is 13.2 Å². The molecular weight excluding hydrogens is 467 g/mol. The monoisotopic (exact) mass is 498 g/mol. The first-order valence-electron chi connectivity index (χ1n) is 11.6. The zero-order chi connectivity index (χ0) is 25.4. The highest BCUT2D eigenvalue weighted by atomic mass is 32.2. The van der Waals surface area contributed by atoms with Crippen molar-refractivity contribution in [1.29, 1.82) is 0 Å². The van der Waals surface area contributed by atoms with Gasteiger partial charge in [0.1, 0.15) is 23.9 Å². The van der Waals surface area contributed by atoms with Crippen LogP contribution in [-0.4, -0.2) is 29.1 Å². The minimum absolute atomic E-state index is 0.144. The molecule has 3 aromatic rings. The van der Waals surface area contributed by atoms with Gasteiger partial charge in [-0.25, -0.2) is 4.39 Å². The molecule has 7 heteroatoms. The molecule has 0 N–H and O–H groups in total. The van der Waals surface area contributed by atoms with Crippen molar-refractivity contribution in [2.45, 2.75) is 50.4 Å². The Balaban J connectivity index is 1.82. The van der Waals surface area contributed by atoms with Gasteiger partial charge in [0.15, 0.2) is 0 Å². The maximum atomic E-state index is 14.7. The van der Waals surface area contributed by atoms with Gasteiger partial charge >= 0.3 is 5.97 Å². The molecular formula is C28H31FO5S. The zero-order valence-corrected chi connectivity index (χ0v) is 21.3. The molecule has 5 nitrogen and oxygen atoms in total. The lowest BCUT2D eigenvalue weighted by atomic mass is 10.0. The van der Waals surface area contributed by atoms with E-state index in [0.717, 1.165) is 11.1 Å². The average molecular weight is 499 g/mol. The quantitative estimate of drug-likeness (QED) is 0.299. The van der Waals surface area contributed by atoms with Crippen LogP contribution in [0.2, 0.25) is 0 Å². The van der Waals surface area contributed by atoms with Crippen LogP contribution in [0.5, 0.6) is 11.5 Å². The fraction of sp³-hybridized carbons (Fsp3) is 0.321. The second-order valence-corrected chi connectivity index (χ2v) is 10.2. The molecule has 3 aromatic carbocycles. The molecule has 0 heterocycles. The third-order valence-corrected chi connectivity index (χ3v) is 7.01. The first-order valence-corrected chi connectivity index (χ1v) is 12.8. The Labute approximate surface area is 208 Å². The lowest BCUT2D eigenvalue weighted by Gasteiger charge is -2.16. The Bertz CT molecular complexity index is 1190. The Morgan fingerprint density at radius 1 is 0.971 bits per heavy atom. The van der Waals surface area contributed by atoms with E-state index in [4.69, 9.17) is 14.2 Å². The smallest absolute Gasteiger partial charge is 0.306 e. The van der Waals surface area contributed by atoms with Crippen molar-refractivity contribution in [1.82, 2.24) is 0 Å². The maximum absolute atomic E-state index is 14.7. The van der Waals surface area contributed by atoms with Crippen molar-refractivity contribution in [3.8, 4) is 22.6 Å². The van der Waals surface area contributed by atoms with E-state index in [2.05, 4.69) is 0 Å². The highest BCUT2D eigenvalue weighted by molar-refractivity contribution is 7.85. The summed E-state index contributed by atoms with van der Waals surface area (Å²) in [6.45, 7) is 6.15. The van der Waals surface area contributed by atoms with Crippen LogP contribution in [0.3, 0.4) is 0 Å². The molecule has 35 heavy (non-hydrogen) atoms. The molecule has 0 amide bonds. The summed E-state index contributed by atoms with van der Waals surface area (Å²) in [6, 6.07) is 17.5. The van der Waals surface area contributed by atoms with Crippen molar-refractivity contribution in [3.05, 3.63) is 77.6 Å². The van der Waals surface area contributed by atoms with E-state index in [9.17, 15) is 13.4 Å². The summed E-state index contributed by atoms with van der Waals surface area (Å²) >= 11 is 0. The van der Waals surface area contributed by atoms with Crippen LogP contribution in [0.4, 0.5) is 4.39 Å². The second-order valence-electron chi connectivity index (χ2n) is 8.26. The molecule has 0 aliphatic carbocycles. The number of hydrogen-bond acceptors (Lipinski definition) is 5. The maximum Gasteiger partial charge on any atom is 0.306 e. The standard InChI is InChI=1S/C28H31FO5S/c1-5-33-28(30)14-10-20-7-6-8-23(15-20)34-18-21-9-12-24(27(16-21)35(31)19(2)3)25-17-22(32-4)11-13-26(25)29/h6-9,11-13,15-17,19H,5,10,14,18H2,1-4H3. The molecule has 0 fully saturated rings. The first kappa shape index (κ1) is 26.4. The number of aryl methyl sites for hydroxylation is 1. The summed E-state index contributed by atoms with van der Waals surface area (Å²) in [6.07, 6.45) is 0.873. The number of hydrogen-bond donors (Lipinski definition) is 0. The molecule has 0 spiro atoms. The molecule has 1 unspecified atom stereocenters. The Kier molecular flexibility index (Phi) is 9.43. The molecule has 0 saturated heterocycles. The van der Waals surface area contributed by atoms with Crippen LogP contribution in [0.1, 0.15) is 38.3 Å². The van der Waals surface area contributed by atoms with Gasteiger partial charge in [0.25, 0.3) is 0 Å². The van der Waals surface area contributed by atoms with Crippen molar-refractivity contribution >= 4 is 16.8 Å². The largest absolute Gasteiger partial charge is 0.497 e. The number of ether oxygens (including phenoxy) is 3. The van der Waals surface area contributed by atoms with Crippen LogP contribution in [0.15, 0.2) is 65.6 Å². The minimum Gasteiger partial charge on any atom is -0.497 e. The molecule has 3 rings (SSSR count). The zero-order valence-electron chi connectivity index (χ0n) is 20.5. The number of esters is 1. The molecule has 0 bridgehead atoms. The van der Waals surface area contributed by atoms with Crippen molar-refractivity contribution in [2.24, 2.45) is 0 Å². The SMILES string of the molecule is CCOC(=O)CCc1cccc(OCc2ccc(-c3cc(OC)ccc3F)c(S(=O)C(C)C)c2)c1. The van der Waals surface area contributed by atoms with Gasteiger partial charge in [0, 0.05) is 27.7 Å². The van der Waals surface area contributed by atoms with Crippen molar-refractivity contribution in [3.63, 3.8) is 0 Å². The van der Waals surface area contributed by atoms with Gasteiger partial charge in [-0.3, -0.25) is 9.00 Å². The molecule has 1 atom stereocenters. The molecule has 186 valence electrons. The summed E-state index contributed by atoms with van der Waals surface area (Å²) in [5.41, 5.74) is 2.70. The van der Waals surface area contributed by atoms with E-state index >= 15 is 0 Å². The summed E-state index contributed by atoms with van der Waals surface area (Å²) in [5.74, 6) is 0.562. The van der Waals surface area contributed by atoms with Crippen LogP contribution in [0, 0.1) is 5.82 Å². The van der Waals surface area contributed by atoms with E-state index in [0.29, 0.717) is 47.0 Å². The molecule has 0 saturated carbocycles. The van der Waals surface area contributed by atoms with Gasteiger partial charge in [-0.1, -0.05) is 38.1 Å². The summed E-state index contributed by atoms with van der Waals surface area (Å²) in [5, 5.41) is -0.144. The van der Waals surface area contributed by atoms with E-state index < -0.39 is 16.6 Å².